The molecule has 1 heterocycles. The first-order valence-electron chi connectivity index (χ1n) is 8.83. The van der Waals surface area contributed by atoms with E-state index in [0.29, 0.717) is 17.7 Å². The monoisotopic (exact) mass is 350 g/mol. The van der Waals surface area contributed by atoms with Crippen molar-refractivity contribution in [1.29, 1.82) is 0 Å². The Bertz CT molecular complexity index is 534. The number of ether oxygens (including phenoxy) is 1. The molecule has 134 valence electrons. The van der Waals surface area contributed by atoms with Crippen LogP contribution in [0.5, 0.6) is 0 Å². The minimum Gasteiger partial charge on any atom is -0.374 e. The van der Waals surface area contributed by atoms with Gasteiger partial charge in [0.15, 0.2) is 0 Å². The van der Waals surface area contributed by atoms with E-state index < -0.39 is 0 Å². The molecule has 24 heavy (non-hydrogen) atoms. The Morgan fingerprint density at radius 2 is 2.08 bits per heavy atom. The van der Waals surface area contributed by atoms with Crippen molar-refractivity contribution in [2.45, 2.75) is 43.9 Å². The molecule has 1 fully saturated rings. The second-order valence-corrected chi connectivity index (χ2v) is 8.64. The molecule has 4 nitrogen and oxygen atoms in total. The van der Waals surface area contributed by atoms with Crippen LogP contribution in [0.15, 0.2) is 29.2 Å². The summed E-state index contributed by atoms with van der Waals surface area (Å²) in [5.41, 5.74) is 0.756. The Labute approximate surface area is 150 Å². The number of morpholine rings is 1. The first kappa shape index (κ1) is 19.3. The largest absolute Gasteiger partial charge is 0.374 e. The minimum atomic E-state index is -0.0108. The van der Waals surface area contributed by atoms with Gasteiger partial charge >= 0.3 is 0 Å². The van der Waals surface area contributed by atoms with Crippen LogP contribution < -0.4 is 5.32 Å². The highest BCUT2D eigenvalue weighted by molar-refractivity contribution is 8.00. The van der Waals surface area contributed by atoms with E-state index >= 15 is 0 Å². The zero-order valence-electron chi connectivity index (χ0n) is 15.2. The number of carbonyl (C=O) groups excluding carboxylic acids is 1. The molecule has 1 saturated heterocycles. The molecule has 5 heteroatoms. The molecule has 1 aromatic rings. The van der Waals surface area contributed by atoms with Crippen LogP contribution >= 0.6 is 11.8 Å². The quantitative estimate of drug-likeness (QED) is 0.766. The second kappa shape index (κ2) is 9.44. The van der Waals surface area contributed by atoms with Crippen molar-refractivity contribution in [1.82, 2.24) is 10.2 Å². The summed E-state index contributed by atoms with van der Waals surface area (Å²) >= 11 is 1.72. The summed E-state index contributed by atoms with van der Waals surface area (Å²) in [6.07, 6.45) is 0.0753. The Hall–Kier alpha value is -1.04. The fourth-order valence-electron chi connectivity index (χ4n) is 2.90. The van der Waals surface area contributed by atoms with Crippen LogP contribution in [-0.4, -0.2) is 54.9 Å². The first-order valence-corrected chi connectivity index (χ1v) is 9.71. The lowest BCUT2D eigenvalue weighted by molar-refractivity contribution is -0.0295. The van der Waals surface area contributed by atoms with Gasteiger partial charge < -0.3 is 10.1 Å². The number of nitrogens with one attached hydrogen (secondary N) is 1. The summed E-state index contributed by atoms with van der Waals surface area (Å²) in [6, 6.07) is 7.81. The van der Waals surface area contributed by atoms with Gasteiger partial charge in [0.25, 0.3) is 5.91 Å². The molecule has 1 atom stereocenters. The van der Waals surface area contributed by atoms with Crippen LogP contribution in [0.1, 0.15) is 38.1 Å². The zero-order valence-corrected chi connectivity index (χ0v) is 16.1. The van der Waals surface area contributed by atoms with Gasteiger partial charge in [-0.25, -0.2) is 0 Å². The predicted molar refractivity (Wildman–Crippen MR) is 101 cm³/mol. The van der Waals surface area contributed by atoms with Crippen molar-refractivity contribution in [3.05, 3.63) is 29.8 Å². The Kier molecular flexibility index (Phi) is 7.59. The van der Waals surface area contributed by atoms with Crippen molar-refractivity contribution < 1.29 is 9.53 Å². The average molecular weight is 351 g/mol. The average Bonchev–Trinajstić information content (AvgIpc) is 2.52. The molecule has 0 radical (unpaired) electrons. The lowest BCUT2D eigenvalue weighted by Crippen LogP contribution is -2.48. The van der Waals surface area contributed by atoms with Crippen molar-refractivity contribution in [3.63, 3.8) is 0 Å². The zero-order chi connectivity index (χ0) is 17.5. The lowest BCUT2D eigenvalue weighted by atomic mass is 10.1. The van der Waals surface area contributed by atoms with Gasteiger partial charge in [-0.15, -0.1) is 11.8 Å². The van der Waals surface area contributed by atoms with E-state index in [4.69, 9.17) is 4.74 Å². The first-order chi connectivity index (χ1) is 11.5. The van der Waals surface area contributed by atoms with Gasteiger partial charge in [0, 0.05) is 36.3 Å². The van der Waals surface area contributed by atoms with E-state index in [1.807, 2.05) is 24.3 Å². The van der Waals surface area contributed by atoms with E-state index in [0.717, 1.165) is 36.7 Å². The number of hydrogen-bond acceptors (Lipinski definition) is 4. The number of thioether (sulfide) groups is 1. The molecule has 1 unspecified atom stereocenters. The van der Waals surface area contributed by atoms with Crippen molar-refractivity contribution >= 4 is 17.7 Å². The molecule has 1 aliphatic heterocycles. The highest BCUT2D eigenvalue weighted by Crippen LogP contribution is 2.26. The molecular weight excluding hydrogens is 320 g/mol. The fourth-order valence-corrected chi connectivity index (χ4v) is 3.85. The molecule has 0 spiro atoms. The van der Waals surface area contributed by atoms with Gasteiger partial charge in [-0.3, -0.25) is 9.69 Å². The van der Waals surface area contributed by atoms with Crippen LogP contribution in [0.3, 0.4) is 0 Å². The number of carbonyl (C=O) groups is 1. The SMILES string of the molecule is CC(C)CN1CCOC(CNC(=O)c2ccccc2SC(C)C)C1. The van der Waals surface area contributed by atoms with E-state index in [1.54, 1.807) is 11.8 Å². The number of hydrogen-bond donors (Lipinski definition) is 1. The minimum absolute atomic E-state index is 0.0108. The normalized spacial score (nSPS) is 19.0. The van der Waals surface area contributed by atoms with Crippen LogP contribution in [0.4, 0.5) is 0 Å². The van der Waals surface area contributed by atoms with E-state index in [9.17, 15) is 4.79 Å². The third-order valence-electron chi connectivity index (χ3n) is 3.83. The highest BCUT2D eigenvalue weighted by Gasteiger charge is 2.22. The summed E-state index contributed by atoms with van der Waals surface area (Å²) in [4.78, 5) is 16.0. The summed E-state index contributed by atoms with van der Waals surface area (Å²) in [5.74, 6) is 0.640. The number of benzene rings is 1. The molecule has 1 N–H and O–H groups in total. The third kappa shape index (κ3) is 6.11. The van der Waals surface area contributed by atoms with Gasteiger partial charge in [0.1, 0.15) is 0 Å². The maximum atomic E-state index is 12.6. The molecular formula is C19H30N2O2S. The van der Waals surface area contributed by atoms with Gasteiger partial charge in [0.05, 0.1) is 18.3 Å². The smallest absolute Gasteiger partial charge is 0.252 e. The molecule has 1 aliphatic rings. The van der Waals surface area contributed by atoms with Crippen molar-refractivity contribution in [3.8, 4) is 0 Å². The molecule has 0 saturated carbocycles. The van der Waals surface area contributed by atoms with Gasteiger partial charge in [-0.05, 0) is 18.1 Å². The van der Waals surface area contributed by atoms with E-state index in [1.165, 1.54) is 0 Å². The summed E-state index contributed by atoms with van der Waals surface area (Å²) in [7, 11) is 0. The lowest BCUT2D eigenvalue weighted by Gasteiger charge is -2.34. The Morgan fingerprint density at radius 3 is 2.79 bits per heavy atom. The van der Waals surface area contributed by atoms with Crippen LogP contribution in [0.2, 0.25) is 0 Å². The second-order valence-electron chi connectivity index (χ2n) is 7.02. The summed E-state index contributed by atoms with van der Waals surface area (Å²) < 4.78 is 5.81. The molecule has 2 rings (SSSR count). The molecule has 1 amide bonds. The maximum Gasteiger partial charge on any atom is 0.252 e. The standard InChI is InChI=1S/C19H30N2O2S/c1-14(2)12-21-9-10-23-16(13-21)11-20-19(22)17-7-5-6-8-18(17)24-15(3)4/h5-8,14-16H,9-13H2,1-4H3,(H,20,22). The Balaban J connectivity index is 1.89. The number of rotatable bonds is 7. The van der Waals surface area contributed by atoms with Crippen LogP contribution in [0.25, 0.3) is 0 Å². The van der Waals surface area contributed by atoms with Crippen LogP contribution in [0, 0.1) is 5.92 Å². The molecule has 0 aromatic heterocycles. The third-order valence-corrected chi connectivity index (χ3v) is 4.91. The highest BCUT2D eigenvalue weighted by atomic mass is 32.2. The fraction of sp³-hybridized carbons (Fsp3) is 0.632. The van der Waals surface area contributed by atoms with E-state index in [-0.39, 0.29) is 12.0 Å². The molecule has 0 bridgehead atoms. The van der Waals surface area contributed by atoms with Crippen molar-refractivity contribution in [2.24, 2.45) is 5.92 Å². The van der Waals surface area contributed by atoms with E-state index in [2.05, 4.69) is 37.9 Å². The number of nitrogens with zero attached hydrogens (tertiary/aromatic N) is 1. The summed E-state index contributed by atoms with van der Waals surface area (Å²) in [6.45, 7) is 13.0. The maximum absolute atomic E-state index is 12.6. The number of amides is 1. The van der Waals surface area contributed by atoms with Gasteiger partial charge in [-0.1, -0.05) is 39.8 Å². The topological polar surface area (TPSA) is 41.6 Å². The predicted octanol–water partition coefficient (Wildman–Crippen LogP) is 3.27. The Morgan fingerprint density at radius 1 is 1.33 bits per heavy atom. The van der Waals surface area contributed by atoms with Gasteiger partial charge in [0.2, 0.25) is 0 Å². The van der Waals surface area contributed by atoms with Gasteiger partial charge in [-0.2, -0.15) is 0 Å². The summed E-state index contributed by atoms with van der Waals surface area (Å²) in [5, 5.41) is 3.50. The van der Waals surface area contributed by atoms with Crippen molar-refractivity contribution in [2.75, 3.05) is 32.8 Å². The molecule has 0 aliphatic carbocycles. The van der Waals surface area contributed by atoms with Crippen LogP contribution in [-0.2, 0) is 4.74 Å². The molecule has 1 aromatic carbocycles.